The van der Waals surface area contributed by atoms with Crippen molar-refractivity contribution >= 4 is 23.6 Å². The molecule has 2 aromatic carbocycles. The van der Waals surface area contributed by atoms with Crippen LogP contribution in [0.1, 0.15) is 11.1 Å². The number of hydrogen-bond acceptors (Lipinski definition) is 3. The average Bonchev–Trinajstić information content (AvgIpc) is 2.47. The van der Waals surface area contributed by atoms with Crippen molar-refractivity contribution in [2.45, 2.75) is 6.61 Å². The van der Waals surface area contributed by atoms with Gasteiger partial charge in [0.2, 0.25) is 0 Å². The summed E-state index contributed by atoms with van der Waals surface area (Å²) < 4.78 is 5.76. The van der Waals surface area contributed by atoms with Crippen molar-refractivity contribution in [2.24, 2.45) is 0 Å². The summed E-state index contributed by atoms with van der Waals surface area (Å²) in [5.41, 5.74) is 1.10. The first-order valence-corrected chi connectivity index (χ1v) is 6.55. The maximum Gasteiger partial charge on any atom is 0.328 e. The van der Waals surface area contributed by atoms with Crippen molar-refractivity contribution < 1.29 is 19.7 Å². The van der Waals surface area contributed by atoms with Gasteiger partial charge in [-0.05, 0) is 24.3 Å². The van der Waals surface area contributed by atoms with Gasteiger partial charge in [0.1, 0.15) is 11.5 Å². The zero-order valence-corrected chi connectivity index (χ0v) is 11.7. The molecule has 0 saturated heterocycles. The number of aliphatic carboxylic acids is 1. The number of para-hydroxylation sites is 1. The minimum absolute atomic E-state index is 0.156. The van der Waals surface area contributed by atoms with Crippen LogP contribution in [0, 0.1) is 0 Å². The van der Waals surface area contributed by atoms with E-state index in [1.54, 1.807) is 42.5 Å². The van der Waals surface area contributed by atoms with E-state index in [1.807, 2.05) is 0 Å². The zero-order chi connectivity index (χ0) is 15.2. The van der Waals surface area contributed by atoms with E-state index in [1.165, 1.54) is 6.08 Å². The molecule has 21 heavy (non-hydrogen) atoms. The van der Waals surface area contributed by atoms with Crippen LogP contribution in [0.4, 0.5) is 0 Å². The van der Waals surface area contributed by atoms with Gasteiger partial charge in [0.05, 0.1) is 11.6 Å². The number of aliphatic hydroxyl groups excluding tert-OH is 1. The number of carboxylic acid groups (broad SMARTS) is 1. The Morgan fingerprint density at radius 2 is 1.86 bits per heavy atom. The monoisotopic (exact) mass is 304 g/mol. The lowest BCUT2D eigenvalue weighted by Crippen LogP contribution is -1.94. The molecule has 0 atom stereocenters. The van der Waals surface area contributed by atoms with Gasteiger partial charge in [-0.25, -0.2) is 4.79 Å². The summed E-state index contributed by atoms with van der Waals surface area (Å²) in [6, 6.07) is 12.1. The lowest BCUT2D eigenvalue weighted by Gasteiger charge is -2.12. The molecule has 5 heteroatoms. The first kappa shape index (κ1) is 15.1. The number of hydrogen-bond donors (Lipinski definition) is 2. The Labute approximate surface area is 126 Å². The van der Waals surface area contributed by atoms with Crippen LogP contribution < -0.4 is 4.74 Å². The van der Waals surface area contributed by atoms with E-state index in [2.05, 4.69) is 0 Å². The molecule has 0 aliphatic heterocycles. The van der Waals surface area contributed by atoms with Gasteiger partial charge in [-0.2, -0.15) is 0 Å². The molecular weight excluding hydrogens is 292 g/mol. The molecule has 2 N–H and O–H groups in total. The minimum Gasteiger partial charge on any atom is -0.478 e. The third-order valence-corrected chi connectivity index (χ3v) is 3.10. The number of rotatable bonds is 5. The maximum absolute atomic E-state index is 10.7. The molecule has 0 spiro atoms. The third kappa shape index (κ3) is 3.84. The van der Waals surface area contributed by atoms with Gasteiger partial charge in [-0.3, -0.25) is 0 Å². The fourth-order valence-corrected chi connectivity index (χ4v) is 2.00. The predicted molar refractivity (Wildman–Crippen MR) is 80.6 cm³/mol. The van der Waals surface area contributed by atoms with Crippen molar-refractivity contribution in [3.63, 3.8) is 0 Å². The SMILES string of the molecule is O=C(O)C=Cc1c(Cl)cccc1Oc1ccccc1CO. The molecule has 0 bridgehead atoms. The second-order valence-electron chi connectivity index (χ2n) is 4.19. The Morgan fingerprint density at radius 1 is 1.14 bits per heavy atom. The number of halogens is 1. The molecule has 0 aliphatic carbocycles. The maximum atomic E-state index is 10.7. The highest BCUT2D eigenvalue weighted by Crippen LogP contribution is 2.33. The van der Waals surface area contributed by atoms with Gasteiger partial charge in [0.25, 0.3) is 0 Å². The van der Waals surface area contributed by atoms with Crippen LogP contribution >= 0.6 is 11.6 Å². The van der Waals surface area contributed by atoms with Crippen LogP contribution in [-0.2, 0) is 11.4 Å². The van der Waals surface area contributed by atoms with Crippen molar-refractivity contribution in [3.05, 3.63) is 64.7 Å². The van der Waals surface area contributed by atoms with Gasteiger partial charge in [0.15, 0.2) is 0 Å². The van der Waals surface area contributed by atoms with Crippen LogP contribution in [0.15, 0.2) is 48.5 Å². The summed E-state index contributed by atoms with van der Waals surface area (Å²) in [6.45, 7) is -0.156. The van der Waals surface area contributed by atoms with Gasteiger partial charge in [-0.15, -0.1) is 0 Å². The molecule has 2 rings (SSSR count). The molecule has 0 radical (unpaired) electrons. The molecule has 0 heterocycles. The zero-order valence-electron chi connectivity index (χ0n) is 11.0. The molecule has 0 fully saturated rings. The number of benzene rings is 2. The minimum atomic E-state index is -1.07. The smallest absolute Gasteiger partial charge is 0.328 e. The first-order valence-electron chi connectivity index (χ1n) is 6.18. The van der Waals surface area contributed by atoms with E-state index in [9.17, 15) is 9.90 Å². The Hall–Kier alpha value is -2.30. The fourth-order valence-electron chi connectivity index (χ4n) is 1.78. The Kier molecular flexibility index (Phi) is 4.98. The van der Waals surface area contributed by atoms with E-state index < -0.39 is 5.97 Å². The number of carbonyl (C=O) groups is 1. The summed E-state index contributed by atoms with van der Waals surface area (Å²) in [7, 11) is 0. The average molecular weight is 305 g/mol. The van der Waals surface area contributed by atoms with E-state index in [0.717, 1.165) is 6.08 Å². The Bertz CT molecular complexity index is 680. The van der Waals surface area contributed by atoms with Gasteiger partial charge >= 0.3 is 5.97 Å². The fraction of sp³-hybridized carbons (Fsp3) is 0.0625. The molecule has 4 nitrogen and oxygen atoms in total. The molecule has 2 aromatic rings. The van der Waals surface area contributed by atoms with Crippen molar-refractivity contribution in [2.75, 3.05) is 0 Å². The molecule has 0 amide bonds. The summed E-state index contributed by atoms with van der Waals surface area (Å²) in [5.74, 6) is -0.162. The second-order valence-corrected chi connectivity index (χ2v) is 4.60. The lowest BCUT2D eigenvalue weighted by molar-refractivity contribution is -0.131. The largest absolute Gasteiger partial charge is 0.478 e. The predicted octanol–water partition coefficient (Wildman–Crippen LogP) is 3.72. The van der Waals surface area contributed by atoms with E-state index in [0.29, 0.717) is 27.6 Å². The van der Waals surface area contributed by atoms with Crippen LogP contribution in [0.2, 0.25) is 5.02 Å². The number of aliphatic hydroxyl groups is 1. The van der Waals surface area contributed by atoms with Crippen LogP contribution in [-0.4, -0.2) is 16.2 Å². The molecule has 0 unspecified atom stereocenters. The van der Waals surface area contributed by atoms with E-state index in [-0.39, 0.29) is 6.61 Å². The molecule has 0 saturated carbocycles. The third-order valence-electron chi connectivity index (χ3n) is 2.77. The quantitative estimate of drug-likeness (QED) is 0.826. The molecule has 108 valence electrons. The summed E-state index contributed by atoms with van der Waals surface area (Å²) in [6.07, 6.45) is 2.37. The normalized spacial score (nSPS) is 10.8. The summed E-state index contributed by atoms with van der Waals surface area (Å²) in [5, 5.41) is 18.4. The summed E-state index contributed by atoms with van der Waals surface area (Å²) >= 11 is 6.08. The van der Waals surface area contributed by atoms with Gasteiger partial charge in [0, 0.05) is 17.2 Å². The van der Waals surface area contributed by atoms with Crippen molar-refractivity contribution in [1.29, 1.82) is 0 Å². The molecule has 0 aliphatic rings. The first-order chi connectivity index (χ1) is 10.1. The van der Waals surface area contributed by atoms with E-state index in [4.69, 9.17) is 21.4 Å². The molecule has 0 aromatic heterocycles. The topological polar surface area (TPSA) is 66.8 Å². The van der Waals surface area contributed by atoms with Crippen molar-refractivity contribution in [1.82, 2.24) is 0 Å². The highest BCUT2D eigenvalue weighted by atomic mass is 35.5. The summed E-state index contributed by atoms with van der Waals surface area (Å²) in [4.78, 5) is 10.7. The number of ether oxygens (including phenoxy) is 1. The number of carboxylic acids is 1. The van der Waals surface area contributed by atoms with Gasteiger partial charge < -0.3 is 14.9 Å². The highest BCUT2D eigenvalue weighted by Gasteiger charge is 2.09. The Morgan fingerprint density at radius 3 is 2.57 bits per heavy atom. The van der Waals surface area contributed by atoms with E-state index >= 15 is 0 Å². The lowest BCUT2D eigenvalue weighted by atomic mass is 10.1. The van der Waals surface area contributed by atoms with Crippen LogP contribution in [0.3, 0.4) is 0 Å². The highest BCUT2D eigenvalue weighted by molar-refractivity contribution is 6.32. The second kappa shape index (κ2) is 6.92. The standard InChI is InChI=1S/C16H13ClO4/c17-13-5-3-7-15(12(13)8-9-16(19)20)21-14-6-2-1-4-11(14)10-18/h1-9,18H,10H2,(H,19,20). The van der Waals surface area contributed by atoms with Crippen molar-refractivity contribution in [3.8, 4) is 11.5 Å². The van der Waals surface area contributed by atoms with Crippen LogP contribution in [0.25, 0.3) is 6.08 Å². The molecular formula is C16H13ClO4. The Balaban J connectivity index is 2.40. The van der Waals surface area contributed by atoms with Gasteiger partial charge in [-0.1, -0.05) is 35.9 Å². The van der Waals surface area contributed by atoms with Crippen LogP contribution in [0.5, 0.6) is 11.5 Å².